The van der Waals surface area contributed by atoms with Gasteiger partial charge in [0, 0.05) is 5.92 Å². The standard InChI is InChI=1S/C18H36O.C3H8/c1-3-5-7-9-11-13-15-18(17-19)16-14-12-10-8-6-4-2;1-3-2/h17-18H,3-16H2,1-2H3;3H2,1-2H3. The summed E-state index contributed by atoms with van der Waals surface area (Å²) in [5.74, 6) is 0.345. The van der Waals surface area contributed by atoms with Gasteiger partial charge in [0.25, 0.3) is 0 Å². The molecule has 0 aliphatic rings. The zero-order valence-electron chi connectivity index (χ0n) is 16.2. The second-order valence-electron chi connectivity index (χ2n) is 6.72. The molecule has 0 saturated carbocycles. The van der Waals surface area contributed by atoms with E-state index in [-0.39, 0.29) is 0 Å². The summed E-state index contributed by atoms with van der Waals surface area (Å²) in [5.41, 5.74) is 0. The highest BCUT2D eigenvalue weighted by Crippen LogP contribution is 2.17. The van der Waals surface area contributed by atoms with Gasteiger partial charge in [-0.2, -0.15) is 0 Å². The number of aldehydes is 1. The van der Waals surface area contributed by atoms with Crippen LogP contribution in [-0.4, -0.2) is 6.29 Å². The predicted octanol–water partition coefficient (Wildman–Crippen LogP) is 7.72. The molecule has 0 unspecified atom stereocenters. The highest BCUT2D eigenvalue weighted by molar-refractivity contribution is 5.53. The van der Waals surface area contributed by atoms with Gasteiger partial charge in [0.2, 0.25) is 0 Å². The van der Waals surface area contributed by atoms with Gasteiger partial charge in [0.1, 0.15) is 6.29 Å². The summed E-state index contributed by atoms with van der Waals surface area (Å²) in [6.45, 7) is 8.76. The van der Waals surface area contributed by atoms with E-state index in [1.807, 2.05) is 0 Å². The molecule has 0 saturated heterocycles. The van der Waals surface area contributed by atoms with Gasteiger partial charge < -0.3 is 4.79 Å². The quantitative estimate of drug-likeness (QED) is 0.223. The van der Waals surface area contributed by atoms with Crippen molar-refractivity contribution in [1.29, 1.82) is 0 Å². The number of hydrogen-bond acceptors (Lipinski definition) is 1. The van der Waals surface area contributed by atoms with E-state index < -0.39 is 0 Å². The molecule has 0 spiro atoms. The van der Waals surface area contributed by atoms with Crippen molar-refractivity contribution in [3.8, 4) is 0 Å². The molecule has 134 valence electrons. The molecule has 0 aromatic heterocycles. The van der Waals surface area contributed by atoms with Crippen molar-refractivity contribution in [2.75, 3.05) is 0 Å². The van der Waals surface area contributed by atoms with Gasteiger partial charge in [-0.25, -0.2) is 0 Å². The Kier molecular flexibility index (Phi) is 25.0. The fourth-order valence-electron chi connectivity index (χ4n) is 2.65. The van der Waals surface area contributed by atoms with Crippen LogP contribution in [0, 0.1) is 5.92 Å². The Morgan fingerprint density at radius 2 is 0.909 bits per heavy atom. The number of hydrogen-bond donors (Lipinski definition) is 0. The van der Waals surface area contributed by atoms with Crippen molar-refractivity contribution in [1.82, 2.24) is 0 Å². The molecule has 0 radical (unpaired) electrons. The summed E-state index contributed by atoms with van der Waals surface area (Å²) in [5, 5.41) is 0. The topological polar surface area (TPSA) is 17.1 Å². The molecule has 1 heteroatoms. The van der Waals surface area contributed by atoms with Crippen molar-refractivity contribution in [2.45, 2.75) is 124 Å². The minimum absolute atomic E-state index is 0.345. The first-order valence-electron chi connectivity index (χ1n) is 10.2. The first-order valence-corrected chi connectivity index (χ1v) is 10.2. The normalized spacial score (nSPS) is 10.4. The third-order valence-electron chi connectivity index (χ3n) is 4.05. The highest BCUT2D eigenvalue weighted by atomic mass is 16.1. The zero-order valence-corrected chi connectivity index (χ0v) is 16.2. The van der Waals surface area contributed by atoms with Crippen LogP contribution in [-0.2, 0) is 4.79 Å². The molecule has 1 nitrogen and oxygen atoms in total. The minimum atomic E-state index is 0.345. The molecule has 0 heterocycles. The van der Waals surface area contributed by atoms with E-state index in [9.17, 15) is 4.79 Å². The third-order valence-corrected chi connectivity index (χ3v) is 4.05. The molecule has 0 atom stereocenters. The van der Waals surface area contributed by atoms with Crippen LogP contribution in [0.5, 0.6) is 0 Å². The Balaban J connectivity index is 0. The molecule has 0 fully saturated rings. The van der Waals surface area contributed by atoms with Crippen molar-refractivity contribution in [3.63, 3.8) is 0 Å². The second-order valence-corrected chi connectivity index (χ2v) is 6.72. The van der Waals surface area contributed by atoms with Crippen LogP contribution in [0.1, 0.15) is 124 Å². The van der Waals surface area contributed by atoms with E-state index in [0.29, 0.717) is 5.92 Å². The van der Waals surface area contributed by atoms with Crippen LogP contribution < -0.4 is 0 Å². The van der Waals surface area contributed by atoms with Crippen molar-refractivity contribution in [3.05, 3.63) is 0 Å². The van der Waals surface area contributed by atoms with Crippen LogP contribution in [0.25, 0.3) is 0 Å². The van der Waals surface area contributed by atoms with Crippen LogP contribution in [0.15, 0.2) is 0 Å². The van der Waals surface area contributed by atoms with E-state index in [4.69, 9.17) is 0 Å². The summed E-state index contributed by atoms with van der Waals surface area (Å²) in [6.07, 6.45) is 20.7. The first kappa shape index (κ1) is 23.9. The second kappa shape index (κ2) is 22.9. The molecule has 0 rings (SSSR count). The molecule has 0 aliphatic heterocycles. The van der Waals surface area contributed by atoms with Gasteiger partial charge in [-0.3, -0.25) is 0 Å². The number of carbonyl (C=O) groups excluding carboxylic acids is 1. The molecule has 0 bridgehead atoms. The number of unbranched alkanes of at least 4 members (excludes halogenated alkanes) is 10. The Morgan fingerprint density at radius 3 is 1.23 bits per heavy atom. The fraction of sp³-hybridized carbons (Fsp3) is 0.952. The lowest BCUT2D eigenvalue weighted by Gasteiger charge is -2.09. The van der Waals surface area contributed by atoms with Crippen LogP contribution in [0.2, 0.25) is 0 Å². The zero-order chi connectivity index (χ0) is 16.9. The number of rotatable bonds is 15. The van der Waals surface area contributed by atoms with Crippen molar-refractivity contribution in [2.24, 2.45) is 5.92 Å². The van der Waals surface area contributed by atoms with Crippen LogP contribution >= 0.6 is 0 Å². The average Bonchev–Trinajstić information content (AvgIpc) is 2.52. The highest BCUT2D eigenvalue weighted by Gasteiger charge is 2.06. The van der Waals surface area contributed by atoms with E-state index >= 15 is 0 Å². The Hall–Kier alpha value is -0.330. The summed E-state index contributed by atoms with van der Waals surface area (Å²) in [6, 6.07) is 0. The average molecular weight is 313 g/mol. The lowest BCUT2D eigenvalue weighted by Crippen LogP contribution is -2.02. The van der Waals surface area contributed by atoms with Gasteiger partial charge in [0.05, 0.1) is 0 Å². The van der Waals surface area contributed by atoms with Gasteiger partial charge in [-0.05, 0) is 12.8 Å². The van der Waals surface area contributed by atoms with E-state index in [1.54, 1.807) is 0 Å². The third kappa shape index (κ3) is 22.0. The molecule has 22 heavy (non-hydrogen) atoms. The summed E-state index contributed by atoms with van der Waals surface area (Å²) in [7, 11) is 0. The Morgan fingerprint density at radius 1 is 0.591 bits per heavy atom. The van der Waals surface area contributed by atoms with E-state index in [1.165, 1.54) is 89.8 Å². The summed E-state index contributed by atoms with van der Waals surface area (Å²) >= 11 is 0. The van der Waals surface area contributed by atoms with E-state index in [0.717, 1.165) is 12.8 Å². The lowest BCUT2D eigenvalue weighted by molar-refractivity contribution is -0.111. The van der Waals surface area contributed by atoms with Gasteiger partial charge in [-0.1, -0.05) is 111 Å². The molecular weight excluding hydrogens is 268 g/mol. The summed E-state index contributed by atoms with van der Waals surface area (Å²) in [4.78, 5) is 11.0. The Labute approximate surface area is 141 Å². The van der Waals surface area contributed by atoms with Crippen LogP contribution in [0.3, 0.4) is 0 Å². The molecule has 0 amide bonds. The van der Waals surface area contributed by atoms with E-state index in [2.05, 4.69) is 27.7 Å². The maximum atomic E-state index is 11.0. The number of carbonyl (C=O) groups is 1. The predicted molar refractivity (Wildman–Crippen MR) is 102 cm³/mol. The molecule has 0 aromatic carbocycles. The Bertz CT molecular complexity index is 172. The molecule has 0 aliphatic carbocycles. The molecule has 0 aromatic rings. The first-order chi connectivity index (χ1) is 10.8. The molecule has 0 N–H and O–H groups in total. The fourth-order valence-corrected chi connectivity index (χ4v) is 2.65. The minimum Gasteiger partial charge on any atom is -0.303 e. The SMILES string of the molecule is CCC.CCCCCCCCC(C=O)CCCCCCCC. The van der Waals surface area contributed by atoms with Gasteiger partial charge in [-0.15, -0.1) is 0 Å². The largest absolute Gasteiger partial charge is 0.303 e. The summed E-state index contributed by atoms with van der Waals surface area (Å²) < 4.78 is 0. The molecular formula is C21H44O. The van der Waals surface area contributed by atoms with Crippen molar-refractivity contribution < 1.29 is 4.79 Å². The van der Waals surface area contributed by atoms with Crippen LogP contribution in [0.4, 0.5) is 0 Å². The maximum absolute atomic E-state index is 11.0. The maximum Gasteiger partial charge on any atom is 0.123 e. The smallest absolute Gasteiger partial charge is 0.123 e. The van der Waals surface area contributed by atoms with Gasteiger partial charge >= 0.3 is 0 Å². The van der Waals surface area contributed by atoms with Crippen molar-refractivity contribution >= 4 is 6.29 Å². The van der Waals surface area contributed by atoms with Gasteiger partial charge in [0.15, 0.2) is 0 Å². The monoisotopic (exact) mass is 312 g/mol. The lowest BCUT2D eigenvalue weighted by atomic mass is 9.95.